The summed E-state index contributed by atoms with van der Waals surface area (Å²) >= 11 is 0. The van der Waals surface area contributed by atoms with Gasteiger partial charge < -0.3 is 9.26 Å². The lowest BCUT2D eigenvalue weighted by Crippen LogP contribution is -2.10. The van der Waals surface area contributed by atoms with E-state index in [0.29, 0.717) is 30.6 Å². The predicted octanol–water partition coefficient (Wildman–Crippen LogP) is 1.11. The fourth-order valence-electron chi connectivity index (χ4n) is 2.53. The highest BCUT2D eigenvalue weighted by Gasteiger charge is 2.13. The number of H-pyrrole nitrogens is 1. The number of aromatic amines is 1. The molecule has 22 heavy (non-hydrogen) atoms. The van der Waals surface area contributed by atoms with Gasteiger partial charge in [0.25, 0.3) is 0 Å². The molecule has 1 N–H and O–H groups in total. The van der Waals surface area contributed by atoms with Gasteiger partial charge in [0.15, 0.2) is 0 Å². The quantitative estimate of drug-likeness (QED) is 0.769. The molecule has 1 aromatic carbocycles. The van der Waals surface area contributed by atoms with Gasteiger partial charge in [0, 0.05) is 6.42 Å². The fourth-order valence-corrected chi connectivity index (χ4v) is 2.53. The van der Waals surface area contributed by atoms with E-state index in [1.54, 1.807) is 0 Å². The summed E-state index contributed by atoms with van der Waals surface area (Å²) in [7, 11) is 0. The van der Waals surface area contributed by atoms with Gasteiger partial charge in [-0.05, 0) is 34.7 Å². The molecule has 0 saturated heterocycles. The zero-order valence-corrected chi connectivity index (χ0v) is 11.8. The standard InChI is InChI=1S/C14H14N6O2/c1-3-10-5-6-21-8-11(10)7-9(1)2-4-12-15-13(18-22-12)14-16-19-20-17-14/h1,3,7H,2,4-6,8H2,(H,16,17,19,20). The number of hydrogen-bond donors (Lipinski definition) is 1. The Balaban J connectivity index is 1.44. The molecule has 0 spiro atoms. The summed E-state index contributed by atoms with van der Waals surface area (Å²) in [5.41, 5.74) is 3.90. The Morgan fingerprint density at radius 1 is 1.14 bits per heavy atom. The summed E-state index contributed by atoms with van der Waals surface area (Å²) in [5.74, 6) is 1.25. The molecule has 2 aromatic heterocycles. The molecule has 0 amide bonds. The Morgan fingerprint density at radius 3 is 3.05 bits per heavy atom. The molecule has 0 unspecified atom stereocenters. The summed E-state index contributed by atoms with van der Waals surface area (Å²) in [6.45, 7) is 1.51. The van der Waals surface area contributed by atoms with E-state index >= 15 is 0 Å². The van der Waals surface area contributed by atoms with Crippen molar-refractivity contribution in [2.24, 2.45) is 0 Å². The molecule has 0 bridgehead atoms. The van der Waals surface area contributed by atoms with E-state index < -0.39 is 0 Å². The molecule has 8 nitrogen and oxygen atoms in total. The Labute approximate surface area is 125 Å². The van der Waals surface area contributed by atoms with Crippen LogP contribution in [0.2, 0.25) is 0 Å². The van der Waals surface area contributed by atoms with Crippen LogP contribution in [0, 0.1) is 0 Å². The van der Waals surface area contributed by atoms with Crippen LogP contribution >= 0.6 is 0 Å². The highest BCUT2D eigenvalue weighted by molar-refractivity contribution is 5.39. The van der Waals surface area contributed by atoms with Gasteiger partial charge in [-0.1, -0.05) is 23.4 Å². The molecule has 0 radical (unpaired) electrons. The van der Waals surface area contributed by atoms with Gasteiger partial charge in [0.1, 0.15) is 0 Å². The Hall–Kier alpha value is -2.61. The van der Waals surface area contributed by atoms with Crippen LogP contribution in [0.15, 0.2) is 22.7 Å². The zero-order chi connectivity index (χ0) is 14.8. The molecule has 1 aliphatic heterocycles. The first-order valence-corrected chi connectivity index (χ1v) is 7.13. The first-order valence-electron chi connectivity index (χ1n) is 7.13. The maximum atomic E-state index is 5.49. The normalized spacial score (nSPS) is 14.0. The number of tetrazole rings is 1. The molecule has 8 heteroatoms. The second kappa shape index (κ2) is 5.64. The molecular formula is C14H14N6O2. The molecule has 0 fully saturated rings. The molecule has 112 valence electrons. The van der Waals surface area contributed by atoms with Crippen molar-refractivity contribution in [3.8, 4) is 11.6 Å². The number of fused-ring (bicyclic) bond motifs is 1. The van der Waals surface area contributed by atoms with Crippen molar-refractivity contribution in [3.63, 3.8) is 0 Å². The maximum absolute atomic E-state index is 5.49. The smallest absolute Gasteiger partial charge is 0.245 e. The number of benzene rings is 1. The van der Waals surface area contributed by atoms with E-state index in [1.807, 2.05) is 0 Å². The Kier molecular flexibility index (Phi) is 3.36. The summed E-state index contributed by atoms with van der Waals surface area (Å²) in [6.07, 6.45) is 2.50. The van der Waals surface area contributed by atoms with Gasteiger partial charge in [-0.2, -0.15) is 10.2 Å². The monoisotopic (exact) mass is 298 g/mol. The van der Waals surface area contributed by atoms with E-state index in [-0.39, 0.29) is 0 Å². The largest absolute Gasteiger partial charge is 0.376 e. The van der Waals surface area contributed by atoms with Crippen LogP contribution in [-0.4, -0.2) is 37.4 Å². The van der Waals surface area contributed by atoms with Gasteiger partial charge in [-0.25, -0.2) is 0 Å². The topological polar surface area (TPSA) is 103 Å². The van der Waals surface area contributed by atoms with Crippen LogP contribution in [0.5, 0.6) is 0 Å². The van der Waals surface area contributed by atoms with Crippen LogP contribution in [0.4, 0.5) is 0 Å². The first kappa shape index (κ1) is 13.1. The van der Waals surface area contributed by atoms with Crippen molar-refractivity contribution < 1.29 is 9.26 Å². The lowest BCUT2D eigenvalue weighted by molar-refractivity contribution is 0.110. The van der Waals surface area contributed by atoms with Crippen LogP contribution in [0.3, 0.4) is 0 Å². The Morgan fingerprint density at radius 2 is 2.14 bits per heavy atom. The number of ether oxygens (including phenoxy) is 1. The average molecular weight is 298 g/mol. The van der Waals surface area contributed by atoms with Crippen LogP contribution in [0.1, 0.15) is 22.6 Å². The van der Waals surface area contributed by atoms with Crippen LogP contribution in [0.25, 0.3) is 11.6 Å². The molecule has 0 saturated carbocycles. The summed E-state index contributed by atoms with van der Waals surface area (Å²) < 4.78 is 10.7. The molecule has 0 atom stereocenters. The number of nitrogens with zero attached hydrogens (tertiary/aromatic N) is 5. The third kappa shape index (κ3) is 2.60. The third-order valence-corrected chi connectivity index (χ3v) is 3.68. The lowest BCUT2D eigenvalue weighted by atomic mass is 9.98. The third-order valence-electron chi connectivity index (χ3n) is 3.68. The molecule has 0 aliphatic carbocycles. The molecule has 3 aromatic rings. The van der Waals surface area contributed by atoms with Gasteiger partial charge in [-0.3, -0.25) is 0 Å². The molecule has 4 rings (SSSR count). The van der Waals surface area contributed by atoms with Crippen molar-refractivity contribution in [2.45, 2.75) is 25.9 Å². The van der Waals surface area contributed by atoms with Crippen molar-refractivity contribution in [1.82, 2.24) is 30.8 Å². The van der Waals surface area contributed by atoms with Crippen molar-refractivity contribution >= 4 is 0 Å². The molecular weight excluding hydrogens is 284 g/mol. The second-order valence-corrected chi connectivity index (χ2v) is 5.15. The average Bonchev–Trinajstić information content (AvgIpc) is 3.24. The van der Waals surface area contributed by atoms with E-state index in [4.69, 9.17) is 9.26 Å². The van der Waals surface area contributed by atoms with E-state index in [2.05, 4.69) is 49.0 Å². The van der Waals surface area contributed by atoms with Crippen LogP contribution < -0.4 is 0 Å². The van der Waals surface area contributed by atoms with E-state index in [1.165, 1.54) is 16.7 Å². The van der Waals surface area contributed by atoms with Crippen molar-refractivity contribution in [1.29, 1.82) is 0 Å². The Bertz CT molecular complexity index is 767. The first-order chi connectivity index (χ1) is 10.9. The van der Waals surface area contributed by atoms with Crippen molar-refractivity contribution in [3.05, 3.63) is 40.8 Å². The lowest BCUT2D eigenvalue weighted by Gasteiger charge is -2.17. The highest BCUT2D eigenvalue weighted by Crippen LogP contribution is 2.19. The van der Waals surface area contributed by atoms with E-state index in [0.717, 1.165) is 19.4 Å². The molecule has 3 heterocycles. The highest BCUT2D eigenvalue weighted by atomic mass is 16.5. The number of aryl methyl sites for hydroxylation is 2. The minimum absolute atomic E-state index is 0.334. The fraction of sp³-hybridized carbons (Fsp3) is 0.357. The van der Waals surface area contributed by atoms with Crippen LogP contribution in [-0.2, 0) is 30.6 Å². The number of rotatable bonds is 4. The maximum Gasteiger partial charge on any atom is 0.245 e. The predicted molar refractivity (Wildman–Crippen MR) is 74.7 cm³/mol. The zero-order valence-electron chi connectivity index (χ0n) is 11.8. The SMILES string of the molecule is c1cc2c(cc1CCc1nc(-c3nn[nH]n3)no1)COCC2. The minimum atomic E-state index is 0.334. The van der Waals surface area contributed by atoms with Gasteiger partial charge in [0.2, 0.25) is 17.5 Å². The van der Waals surface area contributed by atoms with Crippen molar-refractivity contribution in [2.75, 3.05) is 6.61 Å². The minimum Gasteiger partial charge on any atom is -0.376 e. The summed E-state index contributed by atoms with van der Waals surface area (Å²) in [6, 6.07) is 6.54. The number of aromatic nitrogens is 6. The number of nitrogens with one attached hydrogen (secondary N) is 1. The van der Waals surface area contributed by atoms with Gasteiger partial charge in [-0.15, -0.1) is 10.2 Å². The van der Waals surface area contributed by atoms with Gasteiger partial charge >= 0.3 is 0 Å². The number of hydrogen-bond acceptors (Lipinski definition) is 7. The van der Waals surface area contributed by atoms with Gasteiger partial charge in [0.05, 0.1) is 13.2 Å². The van der Waals surface area contributed by atoms with E-state index in [9.17, 15) is 0 Å². The summed E-state index contributed by atoms with van der Waals surface area (Å²) in [4.78, 5) is 4.27. The summed E-state index contributed by atoms with van der Waals surface area (Å²) in [5, 5.41) is 17.3. The second-order valence-electron chi connectivity index (χ2n) is 5.15. The molecule has 1 aliphatic rings.